The first kappa shape index (κ1) is 13.5. The Morgan fingerprint density at radius 1 is 1.50 bits per heavy atom. The number of nitrogens with zero attached hydrogens (tertiary/aromatic N) is 3. The quantitative estimate of drug-likeness (QED) is 0.778. The minimum Gasteiger partial charge on any atom is -0.375 e. The molecule has 0 radical (unpaired) electrons. The molecule has 1 fully saturated rings. The van der Waals surface area contributed by atoms with Crippen molar-refractivity contribution in [3.05, 3.63) is 11.7 Å². The van der Waals surface area contributed by atoms with Gasteiger partial charge in [-0.25, -0.2) is 0 Å². The van der Waals surface area contributed by atoms with Gasteiger partial charge in [0, 0.05) is 19.6 Å². The summed E-state index contributed by atoms with van der Waals surface area (Å²) in [5.41, 5.74) is 0. The molecule has 1 atom stereocenters. The van der Waals surface area contributed by atoms with E-state index in [0.717, 1.165) is 18.8 Å². The molecule has 5 nitrogen and oxygen atoms in total. The molecule has 2 heterocycles. The molecule has 1 saturated heterocycles. The number of piperidine rings is 1. The fourth-order valence-corrected chi connectivity index (χ4v) is 2.47. The lowest BCUT2D eigenvalue weighted by molar-refractivity contribution is 0.151. The monoisotopic (exact) mass is 253 g/mol. The normalized spacial score (nSPS) is 21.3. The number of hydrogen-bond donors (Lipinski definition) is 0. The number of hydrogen-bond acceptors (Lipinski definition) is 5. The Labute approximate surface area is 108 Å². The summed E-state index contributed by atoms with van der Waals surface area (Å²) in [7, 11) is 1.64. The van der Waals surface area contributed by atoms with Crippen LogP contribution in [0.4, 0.5) is 0 Å². The van der Waals surface area contributed by atoms with Crippen LogP contribution in [-0.2, 0) is 11.3 Å². The van der Waals surface area contributed by atoms with Crippen LogP contribution in [-0.4, -0.2) is 41.8 Å². The summed E-state index contributed by atoms with van der Waals surface area (Å²) in [6.45, 7) is 6.10. The number of rotatable bonds is 6. The van der Waals surface area contributed by atoms with Crippen molar-refractivity contribution in [1.82, 2.24) is 15.0 Å². The van der Waals surface area contributed by atoms with Crippen LogP contribution in [0.25, 0.3) is 0 Å². The summed E-state index contributed by atoms with van der Waals surface area (Å²) in [5, 5.41) is 4.08. The van der Waals surface area contributed by atoms with Crippen LogP contribution in [0.1, 0.15) is 50.2 Å². The standard InChI is InChI=1S/C13H23N3O2/c1-3-4-7-16-8-5-6-11(9-16)13-14-12(10-17-2)18-15-13/h11H,3-10H2,1-2H3. The summed E-state index contributed by atoms with van der Waals surface area (Å²) in [6.07, 6.45) is 4.91. The molecule has 0 aliphatic carbocycles. The van der Waals surface area contributed by atoms with Gasteiger partial charge in [-0.05, 0) is 32.4 Å². The number of aromatic nitrogens is 2. The van der Waals surface area contributed by atoms with Crippen molar-refractivity contribution < 1.29 is 9.26 Å². The molecular formula is C13H23N3O2. The van der Waals surface area contributed by atoms with Gasteiger partial charge < -0.3 is 14.2 Å². The van der Waals surface area contributed by atoms with E-state index in [1.807, 2.05) is 0 Å². The lowest BCUT2D eigenvalue weighted by Crippen LogP contribution is -2.35. The molecule has 1 aliphatic heterocycles. The number of unbranched alkanes of at least 4 members (excludes halogenated alkanes) is 1. The third-order valence-corrected chi connectivity index (χ3v) is 3.45. The molecule has 5 heteroatoms. The highest BCUT2D eigenvalue weighted by Gasteiger charge is 2.24. The van der Waals surface area contributed by atoms with Gasteiger partial charge in [0.2, 0.25) is 0 Å². The minimum atomic E-state index is 0.402. The van der Waals surface area contributed by atoms with E-state index in [9.17, 15) is 0 Å². The van der Waals surface area contributed by atoms with Crippen molar-refractivity contribution in [2.24, 2.45) is 0 Å². The molecular weight excluding hydrogens is 230 g/mol. The van der Waals surface area contributed by atoms with Crippen LogP contribution in [0.5, 0.6) is 0 Å². The van der Waals surface area contributed by atoms with Crippen molar-refractivity contribution in [2.75, 3.05) is 26.7 Å². The molecule has 0 aromatic carbocycles. The molecule has 1 aromatic rings. The van der Waals surface area contributed by atoms with Gasteiger partial charge in [-0.1, -0.05) is 18.5 Å². The van der Waals surface area contributed by atoms with E-state index in [1.54, 1.807) is 7.11 Å². The summed E-state index contributed by atoms with van der Waals surface area (Å²) < 4.78 is 10.2. The van der Waals surface area contributed by atoms with Gasteiger partial charge in [-0.15, -0.1) is 0 Å². The van der Waals surface area contributed by atoms with Gasteiger partial charge in [0.1, 0.15) is 6.61 Å². The maximum atomic E-state index is 5.17. The van der Waals surface area contributed by atoms with Gasteiger partial charge in [-0.2, -0.15) is 4.98 Å². The molecule has 0 saturated carbocycles. The Kier molecular flexibility index (Phi) is 5.13. The highest BCUT2D eigenvalue weighted by atomic mass is 16.5. The second kappa shape index (κ2) is 6.85. The molecule has 0 bridgehead atoms. The van der Waals surface area contributed by atoms with Crippen LogP contribution in [0.2, 0.25) is 0 Å². The van der Waals surface area contributed by atoms with E-state index >= 15 is 0 Å². The van der Waals surface area contributed by atoms with Crippen LogP contribution >= 0.6 is 0 Å². The largest absolute Gasteiger partial charge is 0.375 e. The van der Waals surface area contributed by atoms with Crippen molar-refractivity contribution >= 4 is 0 Å². The first-order valence-electron chi connectivity index (χ1n) is 6.87. The Morgan fingerprint density at radius 2 is 2.39 bits per heavy atom. The van der Waals surface area contributed by atoms with E-state index in [4.69, 9.17) is 9.26 Å². The molecule has 18 heavy (non-hydrogen) atoms. The van der Waals surface area contributed by atoms with Gasteiger partial charge in [0.15, 0.2) is 5.82 Å². The lowest BCUT2D eigenvalue weighted by atomic mass is 9.97. The maximum absolute atomic E-state index is 5.17. The van der Waals surface area contributed by atoms with E-state index in [-0.39, 0.29) is 0 Å². The third kappa shape index (κ3) is 3.53. The van der Waals surface area contributed by atoms with E-state index in [2.05, 4.69) is 22.0 Å². The van der Waals surface area contributed by atoms with Crippen molar-refractivity contribution in [3.63, 3.8) is 0 Å². The van der Waals surface area contributed by atoms with Gasteiger partial charge in [0.05, 0.1) is 0 Å². The molecule has 1 unspecified atom stereocenters. The highest BCUT2D eigenvalue weighted by molar-refractivity contribution is 4.98. The van der Waals surface area contributed by atoms with Gasteiger partial charge in [-0.3, -0.25) is 0 Å². The van der Waals surface area contributed by atoms with E-state index < -0.39 is 0 Å². The predicted molar refractivity (Wildman–Crippen MR) is 68.3 cm³/mol. The zero-order chi connectivity index (χ0) is 12.8. The molecule has 102 valence electrons. The SMILES string of the molecule is CCCCN1CCCC(c2noc(COC)n2)C1. The average Bonchev–Trinajstić information content (AvgIpc) is 2.86. The van der Waals surface area contributed by atoms with Gasteiger partial charge in [0.25, 0.3) is 5.89 Å². The Bertz CT molecular complexity index is 354. The smallest absolute Gasteiger partial charge is 0.252 e. The Morgan fingerprint density at radius 3 is 3.17 bits per heavy atom. The Hall–Kier alpha value is -0.940. The predicted octanol–water partition coefficient (Wildman–Crippen LogP) is 2.20. The molecule has 1 aromatic heterocycles. The number of methoxy groups -OCH3 is 1. The molecule has 0 N–H and O–H groups in total. The van der Waals surface area contributed by atoms with Crippen LogP contribution < -0.4 is 0 Å². The first-order chi connectivity index (χ1) is 8.83. The van der Waals surface area contributed by atoms with Gasteiger partial charge >= 0.3 is 0 Å². The molecule has 1 aliphatic rings. The van der Waals surface area contributed by atoms with Crippen molar-refractivity contribution in [1.29, 1.82) is 0 Å². The zero-order valence-corrected chi connectivity index (χ0v) is 11.4. The third-order valence-electron chi connectivity index (χ3n) is 3.45. The summed E-state index contributed by atoms with van der Waals surface area (Å²) >= 11 is 0. The average molecular weight is 253 g/mol. The zero-order valence-electron chi connectivity index (χ0n) is 11.4. The van der Waals surface area contributed by atoms with Crippen LogP contribution in [0.15, 0.2) is 4.52 Å². The fraction of sp³-hybridized carbons (Fsp3) is 0.846. The lowest BCUT2D eigenvalue weighted by Gasteiger charge is -2.31. The Balaban J connectivity index is 1.90. The van der Waals surface area contributed by atoms with E-state index in [1.165, 1.54) is 32.4 Å². The minimum absolute atomic E-state index is 0.402. The van der Waals surface area contributed by atoms with Crippen LogP contribution in [0, 0.1) is 0 Å². The van der Waals surface area contributed by atoms with Crippen molar-refractivity contribution in [2.45, 2.75) is 45.1 Å². The summed E-state index contributed by atoms with van der Waals surface area (Å²) in [4.78, 5) is 6.93. The summed E-state index contributed by atoms with van der Waals surface area (Å²) in [5.74, 6) is 1.85. The van der Waals surface area contributed by atoms with Crippen LogP contribution in [0.3, 0.4) is 0 Å². The fourth-order valence-electron chi connectivity index (χ4n) is 2.47. The number of ether oxygens (including phenoxy) is 1. The summed E-state index contributed by atoms with van der Waals surface area (Å²) in [6, 6.07) is 0. The number of likely N-dealkylation sites (tertiary alicyclic amines) is 1. The second-order valence-electron chi connectivity index (χ2n) is 4.97. The van der Waals surface area contributed by atoms with Crippen molar-refractivity contribution in [3.8, 4) is 0 Å². The topological polar surface area (TPSA) is 51.4 Å². The second-order valence-corrected chi connectivity index (χ2v) is 4.97. The molecule has 0 spiro atoms. The molecule has 2 rings (SSSR count). The molecule has 0 amide bonds. The van der Waals surface area contributed by atoms with E-state index in [0.29, 0.717) is 18.4 Å². The maximum Gasteiger partial charge on any atom is 0.252 e. The highest BCUT2D eigenvalue weighted by Crippen LogP contribution is 2.25. The first-order valence-corrected chi connectivity index (χ1v) is 6.87.